The first-order valence-corrected chi connectivity index (χ1v) is 5.27. The van der Waals surface area contributed by atoms with Gasteiger partial charge in [0.15, 0.2) is 0 Å². The van der Waals surface area contributed by atoms with Crippen LogP contribution in [0, 0.1) is 0 Å². The van der Waals surface area contributed by atoms with Gasteiger partial charge >= 0.3 is 0 Å². The molecular weight excluding hydrogens is 222 g/mol. The van der Waals surface area contributed by atoms with Crippen LogP contribution in [0.4, 0.5) is 0 Å². The first-order valence-electron chi connectivity index (χ1n) is 5.27. The van der Waals surface area contributed by atoms with Crippen LogP contribution in [0.5, 0.6) is 0 Å². The van der Waals surface area contributed by atoms with Crippen LogP contribution in [-0.4, -0.2) is 18.0 Å². The summed E-state index contributed by atoms with van der Waals surface area (Å²) in [5.74, 6) is -2.57. The summed E-state index contributed by atoms with van der Waals surface area (Å²) in [7, 11) is 0. The standard InChI is InChI=1S/C12H15NO4/c14-11(15)7-6-10(12(16)17)13-8-9-4-2-1-3-5-9/h1-5,10,13H,6-8H2,(H,14,15)(H,16,17)/p-2. The molecule has 5 heteroatoms. The molecule has 0 amide bonds. The molecule has 1 aromatic rings. The number of carbonyl (C=O) groups is 2. The fourth-order valence-corrected chi connectivity index (χ4v) is 1.40. The van der Waals surface area contributed by atoms with Crippen molar-refractivity contribution in [2.75, 3.05) is 0 Å². The predicted octanol–water partition coefficient (Wildman–Crippen LogP) is -1.58. The van der Waals surface area contributed by atoms with Gasteiger partial charge in [-0.2, -0.15) is 0 Å². The van der Waals surface area contributed by atoms with Crippen LogP contribution in [0.25, 0.3) is 0 Å². The lowest BCUT2D eigenvalue weighted by Gasteiger charge is -2.19. The van der Waals surface area contributed by atoms with Crippen LogP contribution in [0.1, 0.15) is 18.4 Å². The van der Waals surface area contributed by atoms with Crippen LogP contribution in [0.15, 0.2) is 30.3 Å². The molecule has 0 saturated carbocycles. The number of hydrogen-bond acceptors (Lipinski definition) is 5. The first kappa shape index (κ1) is 13.2. The van der Waals surface area contributed by atoms with Crippen molar-refractivity contribution < 1.29 is 19.8 Å². The van der Waals surface area contributed by atoms with E-state index in [0.717, 1.165) is 5.56 Å². The third-order valence-electron chi connectivity index (χ3n) is 2.32. The molecule has 0 aliphatic rings. The van der Waals surface area contributed by atoms with Crippen LogP contribution in [0.2, 0.25) is 0 Å². The summed E-state index contributed by atoms with van der Waals surface area (Å²) in [6.45, 7) is 0.354. The van der Waals surface area contributed by atoms with Gasteiger partial charge in [-0.05, 0) is 18.4 Å². The number of rotatable bonds is 7. The first-order chi connectivity index (χ1) is 8.09. The van der Waals surface area contributed by atoms with Gasteiger partial charge in [0.25, 0.3) is 0 Å². The summed E-state index contributed by atoms with van der Waals surface area (Å²) in [6, 6.07) is 8.25. The number of nitrogens with one attached hydrogen (secondary N) is 1. The normalized spacial score (nSPS) is 12.0. The van der Waals surface area contributed by atoms with E-state index in [1.54, 1.807) is 0 Å². The number of carboxylic acids is 2. The minimum absolute atomic E-state index is 0.0441. The van der Waals surface area contributed by atoms with Gasteiger partial charge in [0.2, 0.25) is 0 Å². The maximum Gasteiger partial charge on any atom is 0.0584 e. The summed E-state index contributed by atoms with van der Waals surface area (Å²) in [5, 5.41) is 23.7. The zero-order valence-corrected chi connectivity index (χ0v) is 9.22. The minimum atomic E-state index is -1.30. The number of hydrogen-bond donors (Lipinski definition) is 1. The van der Waals surface area contributed by atoms with E-state index in [2.05, 4.69) is 5.32 Å². The Balaban J connectivity index is 2.45. The van der Waals surface area contributed by atoms with Crippen molar-refractivity contribution in [2.24, 2.45) is 0 Å². The van der Waals surface area contributed by atoms with Gasteiger partial charge in [-0.1, -0.05) is 30.3 Å². The van der Waals surface area contributed by atoms with Crippen LogP contribution in [0.3, 0.4) is 0 Å². The zero-order valence-electron chi connectivity index (χ0n) is 9.22. The number of aliphatic carboxylic acids is 2. The van der Waals surface area contributed by atoms with E-state index in [-0.39, 0.29) is 12.8 Å². The van der Waals surface area contributed by atoms with E-state index in [4.69, 9.17) is 0 Å². The maximum atomic E-state index is 10.7. The second-order valence-corrected chi connectivity index (χ2v) is 3.65. The topological polar surface area (TPSA) is 92.3 Å². The van der Waals surface area contributed by atoms with Crippen molar-refractivity contribution in [3.8, 4) is 0 Å². The molecule has 92 valence electrons. The van der Waals surface area contributed by atoms with Gasteiger partial charge in [0.05, 0.1) is 5.97 Å². The average molecular weight is 235 g/mol. The summed E-state index contributed by atoms with van der Waals surface area (Å²) in [4.78, 5) is 21.0. The summed E-state index contributed by atoms with van der Waals surface area (Å²) >= 11 is 0. The Morgan fingerprint density at radius 3 is 2.35 bits per heavy atom. The summed E-state index contributed by atoms with van der Waals surface area (Å²) in [6.07, 6.45) is -0.349. The molecule has 0 aliphatic carbocycles. The number of carboxylic acid groups (broad SMARTS) is 2. The van der Waals surface area contributed by atoms with Crippen LogP contribution in [-0.2, 0) is 16.1 Å². The smallest absolute Gasteiger partial charge is 0.0584 e. The number of benzene rings is 1. The molecule has 5 nitrogen and oxygen atoms in total. The van der Waals surface area contributed by atoms with Crippen LogP contribution < -0.4 is 15.5 Å². The van der Waals surface area contributed by atoms with Gasteiger partial charge in [-0.3, -0.25) is 0 Å². The molecule has 1 unspecified atom stereocenters. The van der Waals surface area contributed by atoms with Crippen molar-refractivity contribution in [3.05, 3.63) is 35.9 Å². The molecule has 0 fully saturated rings. The third kappa shape index (κ3) is 5.12. The molecule has 0 spiro atoms. The molecule has 1 atom stereocenters. The molecule has 17 heavy (non-hydrogen) atoms. The molecule has 0 saturated heterocycles. The Kier molecular flexibility index (Phi) is 5.16. The lowest BCUT2D eigenvalue weighted by molar-refractivity contribution is -0.310. The maximum absolute atomic E-state index is 10.7. The van der Waals surface area contributed by atoms with Crippen molar-refractivity contribution in [1.82, 2.24) is 5.32 Å². The Labute approximate surface area is 99.1 Å². The van der Waals surface area contributed by atoms with Gasteiger partial charge in [-0.15, -0.1) is 0 Å². The van der Waals surface area contributed by atoms with E-state index in [1.807, 2.05) is 30.3 Å². The van der Waals surface area contributed by atoms with Crippen molar-refractivity contribution in [2.45, 2.75) is 25.4 Å². The van der Waals surface area contributed by atoms with Crippen molar-refractivity contribution in [3.63, 3.8) is 0 Å². The van der Waals surface area contributed by atoms with Gasteiger partial charge in [0.1, 0.15) is 0 Å². The van der Waals surface area contributed by atoms with E-state index in [9.17, 15) is 19.8 Å². The molecule has 0 heterocycles. The second kappa shape index (κ2) is 6.65. The van der Waals surface area contributed by atoms with Gasteiger partial charge in [0, 0.05) is 18.6 Å². The van der Waals surface area contributed by atoms with Crippen LogP contribution >= 0.6 is 0 Å². The molecule has 0 bridgehead atoms. The third-order valence-corrected chi connectivity index (χ3v) is 2.32. The lowest BCUT2D eigenvalue weighted by Crippen LogP contribution is -2.45. The lowest BCUT2D eigenvalue weighted by atomic mass is 10.1. The van der Waals surface area contributed by atoms with Gasteiger partial charge in [-0.25, -0.2) is 0 Å². The monoisotopic (exact) mass is 235 g/mol. The highest BCUT2D eigenvalue weighted by Gasteiger charge is 2.08. The highest BCUT2D eigenvalue weighted by molar-refractivity contribution is 5.72. The Hall–Kier alpha value is -1.88. The average Bonchev–Trinajstić information content (AvgIpc) is 2.29. The van der Waals surface area contributed by atoms with E-state index in [1.165, 1.54) is 0 Å². The zero-order chi connectivity index (χ0) is 12.7. The Morgan fingerprint density at radius 1 is 1.18 bits per heavy atom. The highest BCUT2D eigenvalue weighted by Crippen LogP contribution is 2.01. The molecule has 0 radical (unpaired) electrons. The van der Waals surface area contributed by atoms with Gasteiger partial charge < -0.3 is 25.1 Å². The molecule has 1 rings (SSSR count). The predicted molar refractivity (Wildman–Crippen MR) is 56.3 cm³/mol. The Morgan fingerprint density at radius 2 is 1.82 bits per heavy atom. The largest absolute Gasteiger partial charge is 0.550 e. The van der Waals surface area contributed by atoms with Crippen molar-refractivity contribution >= 4 is 11.9 Å². The molecule has 1 N–H and O–H groups in total. The highest BCUT2D eigenvalue weighted by atomic mass is 16.4. The Bertz CT molecular complexity index is 377. The molecular formula is C12H13NO4-2. The summed E-state index contributed by atoms with van der Waals surface area (Å²) in [5.41, 5.74) is 0.923. The SMILES string of the molecule is O=C([O-])CCC(NCc1ccccc1)C(=O)[O-]. The van der Waals surface area contributed by atoms with E-state index in [0.29, 0.717) is 6.54 Å². The quantitative estimate of drug-likeness (QED) is 0.616. The molecule has 0 aliphatic heterocycles. The second-order valence-electron chi connectivity index (χ2n) is 3.65. The number of carbonyl (C=O) groups excluding carboxylic acids is 2. The fraction of sp³-hybridized carbons (Fsp3) is 0.333. The minimum Gasteiger partial charge on any atom is -0.550 e. The van der Waals surface area contributed by atoms with Crippen molar-refractivity contribution in [1.29, 1.82) is 0 Å². The molecule has 0 aromatic heterocycles. The fourth-order valence-electron chi connectivity index (χ4n) is 1.40. The molecule has 1 aromatic carbocycles. The van der Waals surface area contributed by atoms with E-state index < -0.39 is 18.0 Å². The van der Waals surface area contributed by atoms with E-state index >= 15 is 0 Å². The summed E-state index contributed by atoms with van der Waals surface area (Å²) < 4.78 is 0.